The van der Waals surface area contributed by atoms with E-state index in [1.54, 1.807) is 17.0 Å². The van der Waals surface area contributed by atoms with Gasteiger partial charge in [0.05, 0.1) is 11.9 Å². The molecule has 0 radical (unpaired) electrons. The third-order valence-corrected chi connectivity index (χ3v) is 2.12. The lowest BCUT2D eigenvalue weighted by atomic mass is 10.2. The first-order chi connectivity index (χ1) is 6.90. The van der Waals surface area contributed by atoms with Crippen LogP contribution in [0.3, 0.4) is 0 Å². The van der Waals surface area contributed by atoms with Crippen molar-refractivity contribution in [1.29, 1.82) is 0 Å². The molecule has 0 atom stereocenters. The maximum absolute atomic E-state index is 4.33. The van der Waals surface area contributed by atoms with Crippen LogP contribution in [0.1, 0.15) is 31.9 Å². The highest BCUT2D eigenvalue weighted by atomic mass is 15.4. The Kier molecular flexibility index (Phi) is 2.67. The van der Waals surface area contributed by atoms with E-state index in [1.807, 2.05) is 0 Å². The van der Waals surface area contributed by atoms with Crippen molar-refractivity contribution in [3.63, 3.8) is 0 Å². The van der Waals surface area contributed by atoms with Gasteiger partial charge in [0.15, 0.2) is 0 Å². The van der Waals surface area contributed by atoms with Gasteiger partial charge in [-0.1, -0.05) is 19.8 Å². The van der Waals surface area contributed by atoms with E-state index in [0.717, 1.165) is 18.5 Å². The highest BCUT2D eigenvalue weighted by Crippen LogP contribution is 2.03. The predicted octanol–water partition coefficient (Wildman–Crippen LogP) is 1.25. The number of hydrogen-bond acceptors (Lipinski definition) is 4. The molecule has 0 bridgehead atoms. The summed E-state index contributed by atoms with van der Waals surface area (Å²) in [6.07, 6.45) is 7.93. The van der Waals surface area contributed by atoms with Gasteiger partial charge in [0.2, 0.25) is 0 Å². The van der Waals surface area contributed by atoms with Crippen LogP contribution >= 0.6 is 0 Å². The van der Waals surface area contributed by atoms with Gasteiger partial charge in [-0.25, -0.2) is 4.98 Å². The normalized spacial score (nSPS) is 10.9. The SMILES string of the molecule is CCCCCc1cnn2cnnc2n1. The monoisotopic (exact) mass is 191 g/mol. The summed E-state index contributed by atoms with van der Waals surface area (Å²) in [5, 5.41) is 11.7. The van der Waals surface area contributed by atoms with Crippen LogP contribution in [0, 0.1) is 0 Å². The van der Waals surface area contributed by atoms with Crippen LogP contribution < -0.4 is 0 Å². The van der Waals surface area contributed by atoms with Gasteiger partial charge >= 0.3 is 0 Å². The number of aromatic nitrogens is 5. The number of rotatable bonds is 4. The third-order valence-electron chi connectivity index (χ3n) is 2.12. The van der Waals surface area contributed by atoms with E-state index in [0.29, 0.717) is 5.78 Å². The quantitative estimate of drug-likeness (QED) is 0.682. The van der Waals surface area contributed by atoms with E-state index in [1.165, 1.54) is 12.8 Å². The summed E-state index contributed by atoms with van der Waals surface area (Å²) >= 11 is 0. The van der Waals surface area contributed by atoms with Crippen molar-refractivity contribution in [3.8, 4) is 0 Å². The molecule has 14 heavy (non-hydrogen) atoms. The van der Waals surface area contributed by atoms with Crippen LogP contribution in [0.2, 0.25) is 0 Å². The highest BCUT2D eigenvalue weighted by molar-refractivity contribution is 5.22. The topological polar surface area (TPSA) is 56.0 Å². The van der Waals surface area contributed by atoms with E-state index in [4.69, 9.17) is 0 Å². The average molecular weight is 191 g/mol. The molecule has 2 aromatic heterocycles. The minimum atomic E-state index is 0.582. The van der Waals surface area contributed by atoms with Crippen LogP contribution in [0.25, 0.3) is 5.78 Å². The molecule has 0 spiro atoms. The van der Waals surface area contributed by atoms with Crippen molar-refractivity contribution < 1.29 is 0 Å². The first-order valence-electron chi connectivity index (χ1n) is 4.92. The zero-order valence-electron chi connectivity index (χ0n) is 8.22. The maximum atomic E-state index is 4.33. The van der Waals surface area contributed by atoms with Gasteiger partial charge in [0.1, 0.15) is 6.33 Å². The molecule has 0 unspecified atom stereocenters. The Labute approximate surface area is 82.2 Å². The van der Waals surface area contributed by atoms with Gasteiger partial charge in [0.25, 0.3) is 5.78 Å². The second kappa shape index (κ2) is 4.13. The summed E-state index contributed by atoms with van der Waals surface area (Å²) in [4.78, 5) is 4.33. The maximum Gasteiger partial charge on any atom is 0.271 e. The molecule has 2 heterocycles. The average Bonchev–Trinajstić information content (AvgIpc) is 2.65. The smallest absolute Gasteiger partial charge is 0.213 e. The number of aryl methyl sites for hydroxylation is 1. The Bertz CT molecular complexity index is 408. The Morgan fingerprint density at radius 3 is 3.14 bits per heavy atom. The summed E-state index contributed by atoms with van der Waals surface area (Å²) in [6, 6.07) is 0. The van der Waals surface area contributed by atoms with Crippen molar-refractivity contribution in [2.45, 2.75) is 32.6 Å². The molecule has 0 amide bonds. The van der Waals surface area contributed by atoms with Crippen molar-refractivity contribution in [2.24, 2.45) is 0 Å². The highest BCUT2D eigenvalue weighted by Gasteiger charge is 2.00. The fraction of sp³-hybridized carbons (Fsp3) is 0.556. The Morgan fingerprint density at radius 1 is 1.36 bits per heavy atom. The van der Waals surface area contributed by atoms with Crippen LogP contribution in [0.4, 0.5) is 0 Å². The van der Waals surface area contributed by atoms with Crippen molar-refractivity contribution >= 4 is 5.78 Å². The molecular formula is C9H13N5. The van der Waals surface area contributed by atoms with Gasteiger partial charge in [-0.3, -0.25) is 0 Å². The Hall–Kier alpha value is -1.52. The van der Waals surface area contributed by atoms with Crippen LogP contribution in [0.15, 0.2) is 12.5 Å². The van der Waals surface area contributed by atoms with Crippen molar-refractivity contribution in [2.75, 3.05) is 0 Å². The van der Waals surface area contributed by atoms with Crippen molar-refractivity contribution in [3.05, 3.63) is 18.2 Å². The zero-order valence-corrected chi connectivity index (χ0v) is 8.22. The lowest BCUT2D eigenvalue weighted by molar-refractivity contribution is 0.700. The second-order valence-electron chi connectivity index (χ2n) is 3.28. The molecule has 0 aliphatic carbocycles. The number of hydrogen-bond donors (Lipinski definition) is 0. The van der Waals surface area contributed by atoms with Gasteiger partial charge in [-0.15, -0.1) is 10.2 Å². The lowest BCUT2D eigenvalue weighted by Crippen LogP contribution is -1.98. The van der Waals surface area contributed by atoms with Crippen molar-refractivity contribution in [1.82, 2.24) is 24.8 Å². The molecule has 0 aromatic carbocycles. The van der Waals surface area contributed by atoms with Gasteiger partial charge in [-0.2, -0.15) is 9.61 Å². The van der Waals surface area contributed by atoms with Crippen LogP contribution in [-0.2, 0) is 6.42 Å². The van der Waals surface area contributed by atoms with E-state index in [2.05, 4.69) is 27.2 Å². The van der Waals surface area contributed by atoms with Gasteiger partial charge < -0.3 is 0 Å². The predicted molar refractivity (Wildman–Crippen MR) is 51.8 cm³/mol. The van der Waals surface area contributed by atoms with Gasteiger partial charge in [0, 0.05) is 0 Å². The lowest BCUT2D eigenvalue weighted by Gasteiger charge is -1.98. The molecule has 0 aliphatic heterocycles. The first-order valence-corrected chi connectivity index (χ1v) is 4.92. The molecule has 2 aromatic rings. The third kappa shape index (κ3) is 1.86. The Balaban J connectivity index is 2.10. The largest absolute Gasteiger partial charge is 0.271 e. The molecule has 0 fully saturated rings. The summed E-state index contributed by atoms with van der Waals surface area (Å²) in [5.74, 6) is 0.582. The molecule has 0 saturated carbocycles. The first kappa shape index (κ1) is 9.05. The van der Waals surface area contributed by atoms with E-state index in [-0.39, 0.29) is 0 Å². The summed E-state index contributed by atoms with van der Waals surface area (Å²) in [6.45, 7) is 2.19. The second-order valence-corrected chi connectivity index (χ2v) is 3.28. The minimum absolute atomic E-state index is 0.582. The Morgan fingerprint density at radius 2 is 2.29 bits per heavy atom. The molecule has 5 nitrogen and oxygen atoms in total. The molecule has 0 N–H and O–H groups in total. The van der Waals surface area contributed by atoms with Crippen LogP contribution in [-0.4, -0.2) is 24.8 Å². The molecule has 2 rings (SSSR count). The molecule has 0 aliphatic rings. The number of unbranched alkanes of at least 4 members (excludes halogenated alkanes) is 2. The molecular weight excluding hydrogens is 178 g/mol. The molecule has 74 valence electrons. The summed E-state index contributed by atoms with van der Waals surface area (Å²) < 4.78 is 1.57. The van der Waals surface area contributed by atoms with Crippen LogP contribution in [0.5, 0.6) is 0 Å². The van der Waals surface area contributed by atoms with E-state index >= 15 is 0 Å². The summed E-state index contributed by atoms with van der Waals surface area (Å²) in [5.41, 5.74) is 0.999. The number of fused-ring (bicyclic) bond motifs is 1. The minimum Gasteiger partial charge on any atom is -0.213 e. The summed E-state index contributed by atoms with van der Waals surface area (Å²) in [7, 11) is 0. The zero-order chi connectivity index (χ0) is 9.80. The fourth-order valence-electron chi connectivity index (χ4n) is 1.34. The standard InChI is InChI=1S/C9H13N5/c1-2-3-4-5-8-6-11-14-7-10-13-9(14)12-8/h6-7H,2-5H2,1H3. The molecule has 5 heteroatoms. The fourth-order valence-corrected chi connectivity index (χ4v) is 1.34. The van der Waals surface area contributed by atoms with Gasteiger partial charge in [-0.05, 0) is 12.8 Å². The van der Waals surface area contributed by atoms with E-state index in [9.17, 15) is 0 Å². The van der Waals surface area contributed by atoms with E-state index < -0.39 is 0 Å². The number of nitrogens with zero attached hydrogens (tertiary/aromatic N) is 5. The molecule has 0 saturated heterocycles.